The molecule has 1 fully saturated rings. The van der Waals surface area contributed by atoms with E-state index in [9.17, 15) is 25.5 Å². The van der Waals surface area contributed by atoms with Crippen LogP contribution in [0.4, 0.5) is 0 Å². The number of rotatable bonds is 2. The lowest BCUT2D eigenvalue weighted by molar-refractivity contribution is -0.333. The monoisotopic (exact) mass is 373 g/mol. The molecule has 22 heavy (non-hydrogen) atoms. The van der Waals surface area contributed by atoms with Gasteiger partial charge in [-0.05, 0) is 12.1 Å². The second-order valence-electron chi connectivity index (χ2n) is 5.35. The van der Waals surface area contributed by atoms with Gasteiger partial charge < -0.3 is 30.3 Å². The van der Waals surface area contributed by atoms with E-state index in [0.29, 0.717) is 5.69 Å². The van der Waals surface area contributed by atoms with Crippen molar-refractivity contribution in [1.82, 2.24) is 3.59 Å². The molecule has 0 aliphatic carbocycles. The predicted molar refractivity (Wildman–Crippen MR) is 80.1 cm³/mol. The molecule has 2 heterocycles. The number of aliphatic hydroxyl groups is 5. The minimum Gasteiger partial charge on any atom is -0.393 e. The SMILES string of the molecule is OC[C@@]1(c2cc3ccccc3n2Br)O[C@@H](O)[C@H](O)[C@@H](O)[C@H]1O. The molecule has 2 aromatic rings. The van der Waals surface area contributed by atoms with Gasteiger partial charge in [-0.15, -0.1) is 0 Å². The van der Waals surface area contributed by atoms with Crippen LogP contribution in [0.25, 0.3) is 10.9 Å². The Morgan fingerprint density at radius 1 is 1.14 bits per heavy atom. The third-order valence-corrected chi connectivity index (χ3v) is 4.86. The molecule has 1 aromatic carbocycles. The van der Waals surface area contributed by atoms with Gasteiger partial charge in [0.15, 0.2) is 11.9 Å². The van der Waals surface area contributed by atoms with Gasteiger partial charge in [-0.3, -0.25) is 3.59 Å². The van der Waals surface area contributed by atoms with E-state index in [1.807, 2.05) is 24.3 Å². The summed E-state index contributed by atoms with van der Waals surface area (Å²) in [6, 6.07) is 8.96. The Labute approximate surface area is 134 Å². The van der Waals surface area contributed by atoms with Crippen molar-refractivity contribution in [1.29, 1.82) is 0 Å². The van der Waals surface area contributed by atoms with Crippen LogP contribution >= 0.6 is 16.1 Å². The molecule has 0 unspecified atom stereocenters. The number of ether oxygens (including phenoxy) is 1. The van der Waals surface area contributed by atoms with Crippen LogP contribution in [0.15, 0.2) is 30.3 Å². The molecule has 8 heteroatoms. The summed E-state index contributed by atoms with van der Waals surface area (Å²) >= 11 is 3.33. The van der Waals surface area contributed by atoms with E-state index < -0.39 is 36.8 Å². The Kier molecular flexibility index (Phi) is 4.02. The van der Waals surface area contributed by atoms with Crippen LogP contribution in [-0.4, -0.2) is 60.3 Å². The van der Waals surface area contributed by atoms with Gasteiger partial charge in [-0.1, -0.05) is 18.2 Å². The third kappa shape index (κ3) is 2.11. The summed E-state index contributed by atoms with van der Waals surface area (Å²) in [6.45, 7) is -0.697. The minimum atomic E-state index is -1.78. The maximum absolute atomic E-state index is 10.3. The smallest absolute Gasteiger partial charge is 0.184 e. The van der Waals surface area contributed by atoms with E-state index >= 15 is 0 Å². The van der Waals surface area contributed by atoms with Crippen LogP contribution in [0.5, 0.6) is 0 Å². The van der Waals surface area contributed by atoms with Crippen molar-refractivity contribution in [3.63, 3.8) is 0 Å². The molecule has 0 spiro atoms. The average Bonchev–Trinajstić information content (AvgIpc) is 2.87. The van der Waals surface area contributed by atoms with Crippen molar-refractivity contribution in [2.45, 2.75) is 30.2 Å². The molecule has 5 atom stereocenters. The van der Waals surface area contributed by atoms with Gasteiger partial charge in [-0.2, -0.15) is 0 Å². The Morgan fingerprint density at radius 2 is 1.82 bits per heavy atom. The summed E-state index contributed by atoms with van der Waals surface area (Å²) in [5.74, 6) is 0. The summed E-state index contributed by atoms with van der Waals surface area (Å²) in [4.78, 5) is 0. The van der Waals surface area contributed by atoms with Crippen molar-refractivity contribution < 1.29 is 30.3 Å². The summed E-state index contributed by atoms with van der Waals surface area (Å²) in [5, 5.41) is 50.3. The van der Waals surface area contributed by atoms with Crippen molar-refractivity contribution in [3.05, 3.63) is 36.0 Å². The van der Waals surface area contributed by atoms with Crippen LogP contribution in [0.3, 0.4) is 0 Å². The van der Waals surface area contributed by atoms with Gasteiger partial charge in [0.2, 0.25) is 0 Å². The first-order valence-electron chi connectivity index (χ1n) is 6.70. The highest BCUT2D eigenvalue weighted by atomic mass is 79.9. The fourth-order valence-corrected chi connectivity index (χ4v) is 3.55. The van der Waals surface area contributed by atoms with Crippen molar-refractivity contribution in [2.24, 2.45) is 0 Å². The molecular weight excluding hydrogens is 358 g/mol. The van der Waals surface area contributed by atoms with E-state index in [0.717, 1.165) is 10.9 Å². The third-order valence-electron chi connectivity index (χ3n) is 4.09. The molecule has 0 saturated carbocycles. The Balaban J connectivity index is 2.18. The highest BCUT2D eigenvalue weighted by Gasteiger charge is 2.55. The van der Waals surface area contributed by atoms with Crippen LogP contribution in [-0.2, 0) is 10.3 Å². The molecule has 5 N–H and O–H groups in total. The quantitative estimate of drug-likeness (QED) is 0.481. The van der Waals surface area contributed by atoms with Gasteiger partial charge in [0.1, 0.15) is 18.3 Å². The number of aliphatic hydroxyl groups excluding tert-OH is 5. The molecule has 7 nitrogen and oxygen atoms in total. The predicted octanol–water partition coefficient (Wildman–Crippen LogP) is -0.582. The number of aromatic nitrogens is 1. The summed E-state index contributed by atoms with van der Waals surface area (Å²) in [6.07, 6.45) is -6.70. The number of hydrogen-bond acceptors (Lipinski definition) is 6. The first-order chi connectivity index (χ1) is 10.4. The lowest BCUT2D eigenvalue weighted by atomic mass is 9.84. The van der Waals surface area contributed by atoms with E-state index in [1.54, 1.807) is 6.07 Å². The maximum atomic E-state index is 10.3. The Hall–Kier alpha value is -1.00. The average molecular weight is 374 g/mol. The Bertz CT molecular complexity index is 691. The molecular formula is C14H16BrNO6. The summed E-state index contributed by atoms with van der Waals surface area (Å²) in [7, 11) is 0. The molecule has 0 bridgehead atoms. The standard InChI is InChI=1S/C14H16BrNO6/c15-16-8-4-2-1-3-7(8)5-9(16)14(6-17)12(20)10(18)11(19)13(21)22-14/h1-5,10-13,17-21H,6H2/t10-,11-,12-,13-,14+/m1/s1. The number of para-hydroxylation sites is 1. The van der Waals surface area contributed by atoms with Crippen molar-refractivity contribution in [2.75, 3.05) is 6.61 Å². The fraction of sp³-hybridized carbons (Fsp3) is 0.429. The zero-order chi connectivity index (χ0) is 16.1. The second-order valence-corrected chi connectivity index (χ2v) is 6.06. The number of hydrogen-bond donors (Lipinski definition) is 5. The topological polar surface area (TPSA) is 115 Å². The second kappa shape index (κ2) is 5.57. The maximum Gasteiger partial charge on any atom is 0.184 e. The van der Waals surface area contributed by atoms with Gasteiger partial charge in [-0.25, -0.2) is 0 Å². The zero-order valence-electron chi connectivity index (χ0n) is 11.4. The molecule has 0 radical (unpaired) electrons. The van der Waals surface area contributed by atoms with Crippen molar-refractivity contribution >= 4 is 27.1 Å². The van der Waals surface area contributed by atoms with E-state index in [-0.39, 0.29) is 0 Å². The highest BCUT2D eigenvalue weighted by Crippen LogP contribution is 2.40. The van der Waals surface area contributed by atoms with E-state index in [2.05, 4.69) is 16.1 Å². The molecule has 120 valence electrons. The van der Waals surface area contributed by atoms with Crippen LogP contribution in [0, 0.1) is 0 Å². The van der Waals surface area contributed by atoms with E-state index in [1.165, 1.54) is 3.59 Å². The van der Waals surface area contributed by atoms with E-state index in [4.69, 9.17) is 4.74 Å². The first kappa shape index (κ1) is 15.9. The first-order valence-corrected chi connectivity index (χ1v) is 7.41. The van der Waals surface area contributed by atoms with Gasteiger partial charge >= 0.3 is 0 Å². The molecule has 1 saturated heterocycles. The van der Waals surface area contributed by atoms with Crippen LogP contribution in [0.2, 0.25) is 0 Å². The van der Waals surface area contributed by atoms with Crippen LogP contribution < -0.4 is 0 Å². The molecule has 1 aromatic heterocycles. The molecule has 1 aliphatic rings. The van der Waals surface area contributed by atoms with Gasteiger partial charge in [0.25, 0.3) is 0 Å². The molecule has 1 aliphatic heterocycles. The minimum absolute atomic E-state index is 0.314. The summed E-state index contributed by atoms with van der Waals surface area (Å²) < 4.78 is 6.84. The van der Waals surface area contributed by atoms with Gasteiger partial charge in [0.05, 0.1) is 34.0 Å². The van der Waals surface area contributed by atoms with Gasteiger partial charge in [0, 0.05) is 5.39 Å². The summed E-state index contributed by atoms with van der Waals surface area (Å²) in [5.41, 5.74) is -0.703. The highest BCUT2D eigenvalue weighted by molar-refractivity contribution is 9.08. The van der Waals surface area contributed by atoms with Crippen molar-refractivity contribution in [3.8, 4) is 0 Å². The molecule has 3 rings (SSSR count). The van der Waals surface area contributed by atoms with Crippen LogP contribution in [0.1, 0.15) is 5.69 Å². The number of benzene rings is 1. The fourth-order valence-electron chi connectivity index (χ4n) is 2.82. The number of nitrogens with zero attached hydrogens (tertiary/aromatic N) is 1. The Morgan fingerprint density at radius 3 is 2.45 bits per heavy atom. The zero-order valence-corrected chi connectivity index (χ0v) is 13.0. The molecule has 0 amide bonds. The number of halogens is 1. The normalized spacial score (nSPS) is 35.9. The lowest BCUT2D eigenvalue weighted by Crippen LogP contribution is -2.64. The lowest BCUT2D eigenvalue weighted by Gasteiger charge is -2.46. The number of fused-ring (bicyclic) bond motifs is 1. The largest absolute Gasteiger partial charge is 0.393 e.